The van der Waals surface area contributed by atoms with Crippen molar-refractivity contribution in [2.75, 3.05) is 19.7 Å². The summed E-state index contributed by atoms with van der Waals surface area (Å²) in [6.45, 7) is 3.84. The van der Waals surface area contributed by atoms with E-state index >= 15 is 0 Å². The molecule has 1 aromatic rings. The van der Waals surface area contributed by atoms with Gasteiger partial charge in [0.2, 0.25) is 0 Å². The first kappa shape index (κ1) is 19.0. The Hall–Kier alpha value is -3.29. The minimum absolute atomic E-state index is 0.127. The molecule has 0 spiro atoms. The molecular weight excluding hydrogens is 340 g/mol. The zero-order chi connectivity index (χ0) is 19.1. The number of hydrogen-bond acceptors (Lipinski definition) is 5. The number of aliphatic hydroxyl groups is 1. The molecule has 0 atom stereocenters. The van der Waals surface area contributed by atoms with Gasteiger partial charge in [0.15, 0.2) is 0 Å². The molecule has 138 valence electrons. The van der Waals surface area contributed by atoms with Gasteiger partial charge in [-0.25, -0.2) is 0 Å². The summed E-state index contributed by atoms with van der Waals surface area (Å²) >= 11 is 0. The zero-order valence-electron chi connectivity index (χ0n) is 14.1. The van der Waals surface area contributed by atoms with E-state index in [0.29, 0.717) is 12.4 Å². The Labute approximate surface area is 150 Å². The lowest BCUT2D eigenvalue weighted by molar-refractivity contribution is -0.138. The number of carboxylic acid groups (broad SMARTS) is 1. The van der Waals surface area contributed by atoms with Crippen molar-refractivity contribution < 1.29 is 29.3 Å². The lowest BCUT2D eigenvalue weighted by Gasteiger charge is -2.28. The molecule has 3 N–H and O–H groups in total. The Morgan fingerprint density at radius 1 is 1.31 bits per heavy atom. The first-order valence-corrected chi connectivity index (χ1v) is 7.96. The number of carbonyl (C=O) groups excluding carboxylic acids is 2. The number of rotatable bonds is 8. The average Bonchev–Trinajstić information content (AvgIpc) is 2.62. The van der Waals surface area contributed by atoms with Crippen molar-refractivity contribution in [1.82, 2.24) is 10.2 Å². The molecule has 2 rings (SSSR count). The second-order valence-electron chi connectivity index (χ2n) is 5.62. The molecule has 0 unspecified atom stereocenters. The van der Waals surface area contributed by atoms with E-state index in [2.05, 4.69) is 11.9 Å². The van der Waals surface area contributed by atoms with E-state index in [0.717, 1.165) is 5.56 Å². The molecule has 8 heteroatoms. The van der Waals surface area contributed by atoms with Crippen LogP contribution in [-0.2, 0) is 20.9 Å². The Kier molecular flexibility index (Phi) is 6.37. The minimum Gasteiger partial charge on any atom is -0.511 e. The Morgan fingerprint density at radius 2 is 2.00 bits per heavy atom. The van der Waals surface area contributed by atoms with Crippen molar-refractivity contribution in [2.24, 2.45) is 0 Å². The molecule has 1 heterocycles. The summed E-state index contributed by atoms with van der Waals surface area (Å²) < 4.78 is 5.39. The van der Waals surface area contributed by atoms with Crippen molar-refractivity contribution in [1.29, 1.82) is 0 Å². The third-order valence-electron chi connectivity index (χ3n) is 3.70. The summed E-state index contributed by atoms with van der Waals surface area (Å²) in [5.41, 5.74) is 0.416. The highest BCUT2D eigenvalue weighted by Gasteiger charge is 2.32. The highest BCUT2D eigenvalue weighted by molar-refractivity contribution is 6.19. The second kappa shape index (κ2) is 8.70. The fraction of sp³-hybridized carbons (Fsp3) is 0.278. The molecule has 0 aromatic heterocycles. The van der Waals surface area contributed by atoms with E-state index in [1.165, 1.54) is 4.90 Å². The lowest BCUT2D eigenvalue weighted by Crippen LogP contribution is -2.43. The zero-order valence-corrected chi connectivity index (χ0v) is 14.1. The normalized spacial score (nSPS) is 14.2. The summed E-state index contributed by atoms with van der Waals surface area (Å²) in [4.78, 5) is 36.5. The molecule has 1 aliphatic rings. The third kappa shape index (κ3) is 4.85. The molecule has 1 aliphatic heterocycles. The number of carbonyl (C=O) groups is 3. The minimum atomic E-state index is -1.24. The van der Waals surface area contributed by atoms with Crippen molar-refractivity contribution in [3.63, 3.8) is 0 Å². The van der Waals surface area contributed by atoms with Crippen molar-refractivity contribution >= 4 is 17.8 Å². The number of nitrogens with one attached hydrogen (secondary N) is 1. The van der Waals surface area contributed by atoms with Crippen LogP contribution in [0.4, 0.5) is 0 Å². The van der Waals surface area contributed by atoms with Gasteiger partial charge in [-0.2, -0.15) is 0 Å². The monoisotopic (exact) mass is 360 g/mol. The number of ether oxygens (including phenoxy) is 1. The Bertz CT molecular complexity index is 739. The number of benzene rings is 1. The highest BCUT2D eigenvalue weighted by Crippen LogP contribution is 2.21. The van der Waals surface area contributed by atoms with Crippen LogP contribution in [0.1, 0.15) is 12.0 Å². The van der Waals surface area contributed by atoms with E-state index in [1.54, 1.807) is 30.3 Å². The van der Waals surface area contributed by atoms with Crippen LogP contribution in [-0.4, -0.2) is 52.6 Å². The van der Waals surface area contributed by atoms with Crippen LogP contribution in [0.2, 0.25) is 0 Å². The second-order valence-corrected chi connectivity index (χ2v) is 5.62. The van der Waals surface area contributed by atoms with E-state index in [4.69, 9.17) is 9.84 Å². The topological polar surface area (TPSA) is 116 Å². The lowest BCUT2D eigenvalue weighted by atomic mass is 10.0. The van der Waals surface area contributed by atoms with Gasteiger partial charge >= 0.3 is 5.97 Å². The average molecular weight is 360 g/mol. The number of carboxylic acids is 1. The standard InChI is InChI=1S/C18H20N2O6/c1-2-9-26-13-5-3-12(4-6-13)11-20-8-7-14(21)16(18(20)25)17(24)19-10-15(22)23/h2-6,21H,1,7-11H2,(H,19,24)(H,22,23). The van der Waals surface area contributed by atoms with Crippen LogP contribution in [0.5, 0.6) is 5.75 Å². The maximum absolute atomic E-state index is 12.5. The number of aliphatic carboxylic acids is 1. The molecule has 0 aliphatic carbocycles. The highest BCUT2D eigenvalue weighted by atomic mass is 16.5. The Balaban J connectivity index is 2.05. The largest absolute Gasteiger partial charge is 0.511 e. The molecule has 0 bridgehead atoms. The van der Waals surface area contributed by atoms with Crippen LogP contribution in [0, 0.1) is 0 Å². The molecule has 0 saturated carbocycles. The summed E-state index contributed by atoms with van der Waals surface area (Å²) in [6.07, 6.45) is 1.76. The van der Waals surface area contributed by atoms with Crippen LogP contribution in [0.15, 0.2) is 48.3 Å². The Morgan fingerprint density at radius 3 is 2.62 bits per heavy atom. The molecule has 0 radical (unpaired) electrons. The van der Waals surface area contributed by atoms with Crippen LogP contribution >= 0.6 is 0 Å². The first-order valence-electron chi connectivity index (χ1n) is 7.96. The van der Waals surface area contributed by atoms with E-state index in [-0.39, 0.29) is 25.3 Å². The number of hydrogen-bond donors (Lipinski definition) is 3. The summed E-state index contributed by atoms with van der Waals surface area (Å²) in [5.74, 6) is -2.43. The van der Waals surface area contributed by atoms with Crippen LogP contribution < -0.4 is 10.1 Å². The van der Waals surface area contributed by atoms with Gasteiger partial charge in [0.25, 0.3) is 11.8 Å². The molecule has 0 saturated heterocycles. The van der Waals surface area contributed by atoms with Crippen LogP contribution in [0.25, 0.3) is 0 Å². The van der Waals surface area contributed by atoms with E-state index in [1.807, 2.05) is 0 Å². The van der Waals surface area contributed by atoms with Gasteiger partial charge in [0.05, 0.1) is 0 Å². The summed E-state index contributed by atoms with van der Waals surface area (Å²) in [5, 5.41) is 20.6. The fourth-order valence-electron chi connectivity index (χ4n) is 2.44. The maximum Gasteiger partial charge on any atom is 0.322 e. The van der Waals surface area contributed by atoms with E-state index < -0.39 is 29.9 Å². The van der Waals surface area contributed by atoms with Gasteiger partial charge in [-0.3, -0.25) is 14.4 Å². The van der Waals surface area contributed by atoms with Gasteiger partial charge in [0.1, 0.15) is 30.2 Å². The van der Waals surface area contributed by atoms with Crippen LogP contribution in [0.3, 0.4) is 0 Å². The maximum atomic E-state index is 12.5. The first-order chi connectivity index (χ1) is 12.4. The van der Waals surface area contributed by atoms with Gasteiger partial charge in [-0.1, -0.05) is 24.8 Å². The van der Waals surface area contributed by atoms with E-state index in [9.17, 15) is 19.5 Å². The van der Waals surface area contributed by atoms with Gasteiger partial charge < -0.3 is 25.2 Å². The molecule has 2 amide bonds. The quantitative estimate of drug-likeness (QED) is 0.470. The SMILES string of the molecule is C=CCOc1ccc(CN2CCC(O)=C(C(=O)NCC(=O)O)C2=O)cc1. The predicted molar refractivity (Wildman–Crippen MR) is 92.5 cm³/mol. The molecule has 1 aromatic carbocycles. The van der Waals surface area contributed by atoms with Gasteiger partial charge in [-0.15, -0.1) is 0 Å². The fourth-order valence-corrected chi connectivity index (χ4v) is 2.44. The van der Waals surface area contributed by atoms with Crippen molar-refractivity contribution in [3.05, 3.63) is 53.8 Å². The molecule has 26 heavy (non-hydrogen) atoms. The summed E-state index contributed by atoms with van der Waals surface area (Å²) in [7, 11) is 0. The van der Waals surface area contributed by atoms with Gasteiger partial charge in [-0.05, 0) is 17.7 Å². The summed E-state index contributed by atoms with van der Waals surface area (Å²) in [6, 6.07) is 7.13. The number of amides is 2. The third-order valence-corrected chi connectivity index (χ3v) is 3.70. The van der Waals surface area contributed by atoms with Crippen molar-refractivity contribution in [2.45, 2.75) is 13.0 Å². The molecule has 0 fully saturated rings. The predicted octanol–water partition coefficient (Wildman–Crippen LogP) is 0.997. The smallest absolute Gasteiger partial charge is 0.322 e. The number of nitrogens with zero attached hydrogens (tertiary/aromatic N) is 1. The molecule has 8 nitrogen and oxygen atoms in total. The van der Waals surface area contributed by atoms with Gasteiger partial charge in [0, 0.05) is 19.5 Å². The van der Waals surface area contributed by atoms with Crippen molar-refractivity contribution in [3.8, 4) is 5.75 Å². The number of aliphatic hydroxyl groups excluding tert-OH is 1. The molecular formula is C18H20N2O6.